The predicted molar refractivity (Wildman–Crippen MR) is 120 cm³/mol. The zero-order valence-corrected chi connectivity index (χ0v) is 18.3. The number of aromatic nitrogens is 2. The van der Waals surface area contributed by atoms with Crippen LogP contribution in [0.1, 0.15) is 48.6 Å². The van der Waals surface area contributed by atoms with Crippen molar-refractivity contribution in [3.05, 3.63) is 70.4 Å². The van der Waals surface area contributed by atoms with Crippen molar-refractivity contribution in [2.24, 2.45) is 0 Å². The molecule has 1 amide bonds. The van der Waals surface area contributed by atoms with Crippen LogP contribution < -0.4 is 5.32 Å². The van der Waals surface area contributed by atoms with Crippen LogP contribution in [-0.2, 0) is 10.3 Å². The van der Waals surface area contributed by atoms with E-state index >= 15 is 0 Å². The molecular weight excluding hydrogens is 394 g/mol. The van der Waals surface area contributed by atoms with Gasteiger partial charge in [0.25, 0.3) is 0 Å². The lowest BCUT2D eigenvalue weighted by Gasteiger charge is -2.45. The van der Waals surface area contributed by atoms with Crippen LogP contribution in [0.3, 0.4) is 0 Å². The van der Waals surface area contributed by atoms with Gasteiger partial charge in [-0.05, 0) is 41.0 Å². The molecule has 30 heavy (non-hydrogen) atoms. The first-order valence-corrected chi connectivity index (χ1v) is 10.8. The van der Waals surface area contributed by atoms with Crippen LogP contribution in [0, 0.1) is 5.41 Å². The molecule has 1 fully saturated rings. The number of guanidine groups is 1. The Hall–Kier alpha value is -3.06. The second kappa shape index (κ2) is 7.65. The summed E-state index contributed by atoms with van der Waals surface area (Å²) in [4.78, 5) is 23.9. The summed E-state index contributed by atoms with van der Waals surface area (Å²) < 4.78 is 0. The molecule has 2 aromatic heterocycles. The standard InChI is InChI=1S/C23H25N5OS/c1-14(2)15-5-7-16(8-6-15)20-21(29)28(4)22(24)27-23(20,3)19-9-17(12-30-19)18-10-25-13-26-11-18/h5-14,20H,1-4H3,(H2,24,27)/t20?,23-/m1/s1. The van der Waals surface area contributed by atoms with Crippen molar-refractivity contribution < 1.29 is 4.79 Å². The Morgan fingerprint density at radius 3 is 2.47 bits per heavy atom. The normalized spacial score (nSPS) is 21.8. The van der Waals surface area contributed by atoms with Crippen LogP contribution >= 0.6 is 11.3 Å². The van der Waals surface area contributed by atoms with Gasteiger partial charge >= 0.3 is 0 Å². The lowest BCUT2D eigenvalue weighted by molar-refractivity contribution is -0.131. The van der Waals surface area contributed by atoms with E-state index in [9.17, 15) is 4.79 Å². The number of likely N-dealkylation sites (N-methyl/N-ethyl adjacent to an activating group) is 1. The monoisotopic (exact) mass is 419 g/mol. The molecule has 1 aliphatic rings. The number of amides is 1. The first-order chi connectivity index (χ1) is 14.3. The van der Waals surface area contributed by atoms with Gasteiger partial charge in [-0.3, -0.25) is 15.1 Å². The second-order valence-corrected chi connectivity index (χ2v) is 9.07. The summed E-state index contributed by atoms with van der Waals surface area (Å²) in [6.45, 7) is 6.31. The van der Waals surface area contributed by atoms with Gasteiger partial charge in [0.1, 0.15) is 6.33 Å². The van der Waals surface area contributed by atoms with Gasteiger partial charge in [0, 0.05) is 29.9 Å². The molecule has 0 radical (unpaired) electrons. The highest BCUT2D eigenvalue weighted by Crippen LogP contribution is 2.44. The number of rotatable bonds is 4. The van der Waals surface area contributed by atoms with Crippen LogP contribution in [0.15, 0.2) is 54.4 Å². The number of hydrogen-bond acceptors (Lipinski definition) is 5. The van der Waals surface area contributed by atoms with Crippen molar-refractivity contribution in [1.82, 2.24) is 20.2 Å². The summed E-state index contributed by atoms with van der Waals surface area (Å²) in [7, 11) is 1.65. The summed E-state index contributed by atoms with van der Waals surface area (Å²) >= 11 is 1.58. The molecular formula is C23H25N5OS. The summed E-state index contributed by atoms with van der Waals surface area (Å²) in [6, 6.07) is 10.3. The SMILES string of the molecule is CC(C)c1ccc(C2C(=O)N(C)C(=N)N[C@]2(C)c2cc(-c3cncnc3)cs2)cc1. The van der Waals surface area contributed by atoms with Crippen LogP contribution in [0.5, 0.6) is 0 Å². The van der Waals surface area contributed by atoms with E-state index in [1.165, 1.54) is 16.8 Å². The number of carbonyl (C=O) groups excluding carboxylic acids is 1. The maximum absolute atomic E-state index is 13.4. The lowest BCUT2D eigenvalue weighted by atomic mass is 9.76. The molecule has 6 nitrogen and oxygen atoms in total. The zero-order chi connectivity index (χ0) is 21.5. The topological polar surface area (TPSA) is 82.0 Å². The Morgan fingerprint density at radius 2 is 1.83 bits per heavy atom. The van der Waals surface area contributed by atoms with E-state index in [-0.39, 0.29) is 11.9 Å². The van der Waals surface area contributed by atoms with Gasteiger partial charge in [-0.15, -0.1) is 11.3 Å². The van der Waals surface area contributed by atoms with E-state index in [1.54, 1.807) is 30.8 Å². The Balaban J connectivity index is 1.79. The zero-order valence-electron chi connectivity index (χ0n) is 17.5. The highest BCUT2D eigenvalue weighted by molar-refractivity contribution is 7.10. The molecule has 7 heteroatoms. The highest BCUT2D eigenvalue weighted by Gasteiger charge is 2.49. The van der Waals surface area contributed by atoms with Crippen LogP contribution in [-0.4, -0.2) is 33.8 Å². The third-order valence-electron chi connectivity index (χ3n) is 5.81. The van der Waals surface area contributed by atoms with Gasteiger partial charge in [0.15, 0.2) is 5.96 Å². The number of nitrogens with zero attached hydrogens (tertiary/aromatic N) is 3. The van der Waals surface area contributed by atoms with Crippen molar-refractivity contribution in [3.63, 3.8) is 0 Å². The largest absolute Gasteiger partial charge is 0.345 e. The van der Waals surface area contributed by atoms with E-state index in [1.807, 2.05) is 24.4 Å². The van der Waals surface area contributed by atoms with Crippen LogP contribution in [0.2, 0.25) is 0 Å². The molecule has 0 aliphatic carbocycles. The fraction of sp³-hybridized carbons (Fsp3) is 0.304. The van der Waals surface area contributed by atoms with Crippen molar-refractivity contribution in [2.75, 3.05) is 7.05 Å². The first-order valence-electron chi connectivity index (χ1n) is 9.90. The molecule has 1 unspecified atom stereocenters. The smallest absolute Gasteiger partial charge is 0.239 e. The summed E-state index contributed by atoms with van der Waals surface area (Å²) in [6.07, 6.45) is 5.06. The minimum absolute atomic E-state index is 0.0865. The van der Waals surface area contributed by atoms with Crippen molar-refractivity contribution in [3.8, 4) is 11.1 Å². The Kier molecular flexibility index (Phi) is 5.15. The number of carbonyl (C=O) groups is 1. The van der Waals surface area contributed by atoms with Gasteiger partial charge in [-0.2, -0.15) is 0 Å². The van der Waals surface area contributed by atoms with Gasteiger partial charge in [0.2, 0.25) is 5.91 Å². The van der Waals surface area contributed by atoms with Crippen molar-refractivity contribution in [2.45, 2.75) is 38.1 Å². The van der Waals surface area contributed by atoms with Gasteiger partial charge in [-0.1, -0.05) is 38.1 Å². The molecule has 154 valence electrons. The number of thiophene rings is 1. The van der Waals surface area contributed by atoms with Crippen molar-refractivity contribution >= 4 is 23.2 Å². The molecule has 3 aromatic rings. The molecule has 2 N–H and O–H groups in total. The van der Waals surface area contributed by atoms with Gasteiger partial charge in [-0.25, -0.2) is 9.97 Å². The molecule has 1 aromatic carbocycles. The number of nitrogens with one attached hydrogen (secondary N) is 2. The number of benzene rings is 1. The fourth-order valence-corrected chi connectivity index (χ4v) is 4.98. The second-order valence-electron chi connectivity index (χ2n) is 8.15. The highest BCUT2D eigenvalue weighted by atomic mass is 32.1. The minimum Gasteiger partial charge on any atom is -0.345 e. The summed E-state index contributed by atoms with van der Waals surface area (Å²) in [5.41, 5.74) is 3.37. The van der Waals surface area contributed by atoms with E-state index in [2.05, 4.69) is 47.3 Å². The summed E-state index contributed by atoms with van der Waals surface area (Å²) in [5.74, 6) is -0.00200. The van der Waals surface area contributed by atoms with Gasteiger partial charge in [0.05, 0.1) is 11.5 Å². The molecule has 1 aliphatic heterocycles. The molecule has 1 saturated heterocycles. The molecule has 0 saturated carbocycles. The molecule has 0 bridgehead atoms. The Morgan fingerprint density at radius 1 is 1.17 bits per heavy atom. The maximum atomic E-state index is 13.4. The third kappa shape index (κ3) is 3.39. The first kappa shape index (κ1) is 20.2. The maximum Gasteiger partial charge on any atom is 0.239 e. The Bertz CT molecular complexity index is 1080. The fourth-order valence-electron chi connectivity index (χ4n) is 3.91. The summed E-state index contributed by atoms with van der Waals surface area (Å²) in [5, 5.41) is 13.7. The third-order valence-corrected chi connectivity index (χ3v) is 6.98. The molecule has 3 heterocycles. The van der Waals surface area contributed by atoms with E-state index < -0.39 is 11.5 Å². The van der Waals surface area contributed by atoms with Crippen LogP contribution in [0.25, 0.3) is 11.1 Å². The Labute approximate surface area is 180 Å². The lowest BCUT2D eigenvalue weighted by Crippen LogP contribution is -2.62. The van der Waals surface area contributed by atoms with E-state index in [0.717, 1.165) is 21.6 Å². The number of hydrogen-bond donors (Lipinski definition) is 2. The van der Waals surface area contributed by atoms with E-state index in [4.69, 9.17) is 5.41 Å². The molecule has 0 spiro atoms. The molecule has 4 rings (SSSR count). The van der Waals surface area contributed by atoms with E-state index in [0.29, 0.717) is 5.92 Å². The van der Waals surface area contributed by atoms with Crippen molar-refractivity contribution in [1.29, 1.82) is 5.41 Å². The average molecular weight is 420 g/mol. The average Bonchev–Trinajstić information content (AvgIpc) is 3.24. The quantitative estimate of drug-likeness (QED) is 0.660. The molecule has 2 atom stereocenters. The van der Waals surface area contributed by atoms with Crippen LogP contribution in [0.4, 0.5) is 0 Å². The predicted octanol–water partition coefficient (Wildman–Crippen LogP) is 4.32. The van der Waals surface area contributed by atoms with Gasteiger partial charge < -0.3 is 5.32 Å². The minimum atomic E-state index is -0.738.